The lowest BCUT2D eigenvalue weighted by Crippen LogP contribution is -2.22. The molecule has 122 valence electrons. The quantitative estimate of drug-likeness (QED) is 0.390. The van der Waals surface area contributed by atoms with Gasteiger partial charge in [-0.1, -0.05) is 6.07 Å². The van der Waals surface area contributed by atoms with Crippen LogP contribution in [0.3, 0.4) is 0 Å². The molecule has 0 bridgehead atoms. The lowest BCUT2D eigenvalue weighted by atomic mass is 10.2. The summed E-state index contributed by atoms with van der Waals surface area (Å²) in [6, 6.07) is 7.60. The highest BCUT2D eigenvalue weighted by atomic mass is 16.6. The zero-order valence-corrected chi connectivity index (χ0v) is 13.0. The second kappa shape index (κ2) is 5.65. The van der Waals surface area contributed by atoms with Gasteiger partial charge < -0.3 is 9.88 Å². The van der Waals surface area contributed by atoms with E-state index in [0.717, 1.165) is 17.0 Å². The molecule has 0 atom stereocenters. The van der Waals surface area contributed by atoms with E-state index in [1.54, 1.807) is 18.2 Å². The van der Waals surface area contributed by atoms with Crippen molar-refractivity contribution in [3.8, 4) is 5.69 Å². The summed E-state index contributed by atoms with van der Waals surface area (Å²) in [7, 11) is 0. The first-order valence-electron chi connectivity index (χ1n) is 7.14. The average molecular weight is 326 g/mol. The number of urea groups is 1. The molecule has 2 N–H and O–H groups in total. The molecule has 24 heavy (non-hydrogen) atoms. The van der Waals surface area contributed by atoms with Gasteiger partial charge in [-0.2, -0.15) is 0 Å². The fraction of sp³-hybridized carbons (Fsp3) is 0.125. The number of aryl methyl sites for hydroxylation is 1. The molecule has 1 aliphatic heterocycles. The van der Waals surface area contributed by atoms with Crippen LogP contribution in [-0.4, -0.2) is 21.4 Å². The first-order chi connectivity index (χ1) is 11.4. The van der Waals surface area contributed by atoms with Gasteiger partial charge in [0, 0.05) is 23.5 Å². The summed E-state index contributed by atoms with van der Waals surface area (Å²) in [5.74, 6) is -0.486. The van der Waals surface area contributed by atoms with Crippen LogP contribution in [0.25, 0.3) is 11.8 Å². The molecule has 1 aromatic heterocycles. The molecular weight excluding hydrogens is 312 g/mol. The van der Waals surface area contributed by atoms with Crippen molar-refractivity contribution in [1.29, 1.82) is 0 Å². The third-order valence-corrected chi connectivity index (χ3v) is 3.79. The zero-order valence-electron chi connectivity index (χ0n) is 13.0. The number of imide groups is 1. The highest BCUT2D eigenvalue weighted by Gasteiger charge is 2.23. The molecule has 3 amide bonds. The maximum Gasteiger partial charge on any atom is 0.326 e. The van der Waals surface area contributed by atoms with Crippen molar-refractivity contribution < 1.29 is 14.5 Å². The van der Waals surface area contributed by atoms with Crippen LogP contribution in [0.1, 0.15) is 17.0 Å². The molecule has 2 aromatic rings. The number of amides is 3. The lowest BCUT2D eigenvalue weighted by molar-refractivity contribution is -0.384. The molecule has 2 heterocycles. The average Bonchev–Trinajstić information content (AvgIpc) is 2.98. The number of benzene rings is 1. The van der Waals surface area contributed by atoms with Gasteiger partial charge in [0.1, 0.15) is 5.70 Å². The molecule has 0 spiro atoms. The van der Waals surface area contributed by atoms with Crippen LogP contribution in [0.2, 0.25) is 0 Å². The Kier molecular flexibility index (Phi) is 3.64. The first kappa shape index (κ1) is 15.5. The number of carbonyl (C=O) groups excluding carboxylic acids is 2. The topological polar surface area (TPSA) is 106 Å². The van der Waals surface area contributed by atoms with E-state index in [-0.39, 0.29) is 11.4 Å². The minimum Gasteiger partial charge on any atom is -0.318 e. The van der Waals surface area contributed by atoms with E-state index in [1.807, 2.05) is 24.5 Å². The van der Waals surface area contributed by atoms with Crippen molar-refractivity contribution in [2.24, 2.45) is 0 Å². The van der Waals surface area contributed by atoms with Gasteiger partial charge >= 0.3 is 6.03 Å². The largest absolute Gasteiger partial charge is 0.326 e. The Balaban J connectivity index is 2.06. The van der Waals surface area contributed by atoms with E-state index in [4.69, 9.17) is 0 Å². The minimum absolute atomic E-state index is 0.00217. The van der Waals surface area contributed by atoms with E-state index in [2.05, 4.69) is 10.6 Å². The monoisotopic (exact) mass is 326 g/mol. The van der Waals surface area contributed by atoms with Gasteiger partial charge in [-0.05, 0) is 37.6 Å². The Hall–Kier alpha value is -3.42. The predicted octanol–water partition coefficient (Wildman–Crippen LogP) is 2.18. The van der Waals surface area contributed by atoms with Gasteiger partial charge in [-0.3, -0.25) is 20.2 Å². The summed E-state index contributed by atoms with van der Waals surface area (Å²) < 4.78 is 1.86. The van der Waals surface area contributed by atoms with Crippen LogP contribution in [0.4, 0.5) is 10.5 Å². The van der Waals surface area contributed by atoms with Crippen molar-refractivity contribution in [2.45, 2.75) is 13.8 Å². The number of carbonyl (C=O) groups is 2. The fourth-order valence-corrected chi connectivity index (χ4v) is 2.71. The smallest absolute Gasteiger partial charge is 0.318 e. The van der Waals surface area contributed by atoms with Crippen molar-refractivity contribution >= 4 is 23.7 Å². The van der Waals surface area contributed by atoms with Crippen molar-refractivity contribution in [1.82, 2.24) is 15.2 Å². The fourth-order valence-electron chi connectivity index (χ4n) is 2.71. The molecule has 1 saturated heterocycles. The second-order valence-electron chi connectivity index (χ2n) is 5.41. The summed E-state index contributed by atoms with van der Waals surface area (Å²) >= 11 is 0. The van der Waals surface area contributed by atoms with Crippen LogP contribution >= 0.6 is 0 Å². The van der Waals surface area contributed by atoms with Gasteiger partial charge in [-0.15, -0.1) is 0 Å². The number of aromatic nitrogens is 1. The van der Waals surface area contributed by atoms with Crippen molar-refractivity contribution in [3.63, 3.8) is 0 Å². The van der Waals surface area contributed by atoms with Crippen LogP contribution in [0.5, 0.6) is 0 Å². The lowest BCUT2D eigenvalue weighted by Gasteiger charge is -2.09. The molecule has 8 nitrogen and oxygen atoms in total. The number of nitro benzene ring substituents is 1. The van der Waals surface area contributed by atoms with E-state index in [1.165, 1.54) is 12.1 Å². The Morgan fingerprint density at radius 2 is 1.92 bits per heavy atom. The summed E-state index contributed by atoms with van der Waals surface area (Å²) in [6.07, 6.45) is 1.58. The molecule has 3 rings (SSSR count). The molecule has 1 aromatic carbocycles. The maximum absolute atomic E-state index is 11.6. The predicted molar refractivity (Wildman–Crippen MR) is 86.5 cm³/mol. The van der Waals surface area contributed by atoms with Gasteiger partial charge in [0.15, 0.2) is 0 Å². The van der Waals surface area contributed by atoms with Crippen LogP contribution in [-0.2, 0) is 4.79 Å². The third-order valence-electron chi connectivity index (χ3n) is 3.79. The third kappa shape index (κ3) is 2.65. The van der Waals surface area contributed by atoms with Gasteiger partial charge in [0.2, 0.25) is 0 Å². The summed E-state index contributed by atoms with van der Waals surface area (Å²) in [5, 5.41) is 15.5. The summed E-state index contributed by atoms with van der Waals surface area (Å²) in [5.41, 5.74) is 3.22. The highest BCUT2D eigenvalue weighted by molar-refractivity contribution is 6.14. The van der Waals surface area contributed by atoms with Crippen molar-refractivity contribution in [3.05, 3.63) is 63.1 Å². The number of hydrogen-bond donors (Lipinski definition) is 2. The Labute approximate surface area is 136 Å². The van der Waals surface area contributed by atoms with Crippen LogP contribution in [0, 0.1) is 24.0 Å². The summed E-state index contributed by atoms with van der Waals surface area (Å²) in [4.78, 5) is 33.3. The molecule has 0 radical (unpaired) electrons. The Morgan fingerprint density at radius 3 is 2.54 bits per heavy atom. The normalized spacial score (nSPS) is 15.5. The number of nitro groups is 1. The van der Waals surface area contributed by atoms with E-state index >= 15 is 0 Å². The number of nitrogens with one attached hydrogen (secondary N) is 2. The zero-order chi connectivity index (χ0) is 17.4. The van der Waals surface area contributed by atoms with Gasteiger partial charge in [0.25, 0.3) is 11.6 Å². The number of nitrogens with zero attached hydrogens (tertiary/aromatic N) is 2. The molecule has 8 heteroatoms. The van der Waals surface area contributed by atoms with Crippen LogP contribution < -0.4 is 10.6 Å². The highest BCUT2D eigenvalue weighted by Crippen LogP contribution is 2.25. The van der Waals surface area contributed by atoms with Crippen LogP contribution in [0.15, 0.2) is 36.0 Å². The Morgan fingerprint density at radius 1 is 1.17 bits per heavy atom. The summed E-state index contributed by atoms with van der Waals surface area (Å²) in [6.45, 7) is 3.70. The van der Waals surface area contributed by atoms with E-state index in [0.29, 0.717) is 5.69 Å². The minimum atomic E-state index is -0.557. The molecule has 0 unspecified atom stereocenters. The van der Waals surface area contributed by atoms with E-state index in [9.17, 15) is 19.7 Å². The maximum atomic E-state index is 11.6. The Bertz CT molecular complexity index is 911. The molecule has 1 fully saturated rings. The molecular formula is C16H14N4O4. The van der Waals surface area contributed by atoms with Gasteiger partial charge in [0.05, 0.1) is 10.6 Å². The van der Waals surface area contributed by atoms with Crippen molar-refractivity contribution in [2.75, 3.05) is 0 Å². The second-order valence-corrected chi connectivity index (χ2v) is 5.41. The SMILES string of the molecule is Cc1cc(/C=C2/NC(=O)NC2=O)c(C)n1-c1cccc([N+](=O)[O-])c1. The van der Waals surface area contributed by atoms with E-state index < -0.39 is 16.9 Å². The first-order valence-corrected chi connectivity index (χ1v) is 7.14. The number of non-ortho nitro benzene ring substituents is 1. The number of rotatable bonds is 3. The van der Waals surface area contributed by atoms with Gasteiger partial charge in [-0.25, -0.2) is 4.79 Å². The molecule has 1 aliphatic rings. The number of hydrogen-bond acceptors (Lipinski definition) is 4. The molecule has 0 saturated carbocycles. The molecule has 0 aliphatic carbocycles. The standard InChI is InChI=1S/C16H14N4O4/c1-9-6-11(7-14-15(21)18-16(22)17-14)10(2)19(9)12-4-3-5-13(8-12)20(23)24/h3-8H,1-2H3,(H2,17,18,21,22)/b14-7+.